The summed E-state index contributed by atoms with van der Waals surface area (Å²) >= 11 is 0. The minimum absolute atomic E-state index is 0.347. The lowest BCUT2D eigenvalue weighted by Crippen LogP contribution is -2.35. The number of hydrogen-bond donors (Lipinski definition) is 0. The predicted molar refractivity (Wildman–Crippen MR) is 81.1 cm³/mol. The summed E-state index contributed by atoms with van der Waals surface area (Å²) in [5, 5.41) is 9.63. The molecule has 0 radical (unpaired) electrons. The van der Waals surface area contributed by atoms with Crippen LogP contribution in [0, 0.1) is 11.3 Å². The van der Waals surface area contributed by atoms with Gasteiger partial charge in [0.2, 0.25) is 0 Å². The lowest BCUT2D eigenvalue weighted by atomic mass is 9.90. The number of nitrogens with zero attached hydrogens (tertiary/aromatic N) is 1. The van der Waals surface area contributed by atoms with Crippen LogP contribution in [-0.2, 0) is 9.47 Å². The van der Waals surface area contributed by atoms with Crippen LogP contribution >= 0.6 is 0 Å². The highest BCUT2D eigenvalue weighted by molar-refractivity contribution is 5.14. The molecule has 1 rings (SSSR count). The molecule has 112 valence electrons. The van der Waals surface area contributed by atoms with Gasteiger partial charge >= 0.3 is 0 Å². The van der Waals surface area contributed by atoms with Crippen molar-refractivity contribution in [3.8, 4) is 6.07 Å². The molecule has 0 spiro atoms. The van der Waals surface area contributed by atoms with E-state index in [4.69, 9.17) is 9.47 Å². The van der Waals surface area contributed by atoms with Crippen LogP contribution < -0.4 is 0 Å². The maximum atomic E-state index is 9.63. The first-order chi connectivity index (χ1) is 9.51. The van der Waals surface area contributed by atoms with Gasteiger partial charge in [-0.3, -0.25) is 0 Å². The fourth-order valence-corrected chi connectivity index (χ4v) is 2.41. The summed E-state index contributed by atoms with van der Waals surface area (Å²) in [7, 11) is 0. The van der Waals surface area contributed by atoms with Crippen molar-refractivity contribution in [2.24, 2.45) is 0 Å². The molecule has 0 heterocycles. The van der Waals surface area contributed by atoms with Gasteiger partial charge in [0.1, 0.15) is 0 Å². The van der Waals surface area contributed by atoms with Gasteiger partial charge in [-0.15, -0.1) is 0 Å². The molecule has 1 aliphatic carbocycles. The van der Waals surface area contributed by atoms with E-state index < -0.39 is 5.60 Å². The number of allylic oxidation sites excluding steroid dienone is 3. The van der Waals surface area contributed by atoms with E-state index in [1.54, 1.807) is 0 Å². The van der Waals surface area contributed by atoms with Gasteiger partial charge in [-0.2, -0.15) is 5.26 Å². The van der Waals surface area contributed by atoms with Crippen molar-refractivity contribution in [1.29, 1.82) is 5.26 Å². The fourth-order valence-electron chi connectivity index (χ4n) is 2.41. The number of hydrogen-bond acceptors (Lipinski definition) is 3. The molecule has 0 aromatic carbocycles. The van der Waals surface area contributed by atoms with Gasteiger partial charge in [-0.1, -0.05) is 23.3 Å². The Morgan fingerprint density at radius 3 is 2.65 bits per heavy atom. The average molecular weight is 277 g/mol. The summed E-state index contributed by atoms with van der Waals surface area (Å²) in [5.74, 6) is 0. The van der Waals surface area contributed by atoms with Gasteiger partial charge in [-0.05, 0) is 53.4 Å². The summed E-state index contributed by atoms with van der Waals surface area (Å²) in [6.07, 6.45) is 8.48. The highest BCUT2D eigenvalue weighted by atomic mass is 16.7. The zero-order chi connectivity index (χ0) is 15.0. The second kappa shape index (κ2) is 8.24. The first-order valence-electron chi connectivity index (χ1n) is 7.53. The Balaban J connectivity index is 2.88. The molecule has 0 amide bonds. The van der Waals surface area contributed by atoms with Crippen LogP contribution in [0.25, 0.3) is 0 Å². The Bertz CT molecular complexity index is 406. The van der Waals surface area contributed by atoms with Gasteiger partial charge in [0, 0.05) is 13.0 Å². The summed E-state index contributed by atoms with van der Waals surface area (Å²) in [4.78, 5) is 0. The summed E-state index contributed by atoms with van der Waals surface area (Å²) < 4.78 is 11.4. The third-order valence-electron chi connectivity index (χ3n) is 3.73. The number of rotatable bonds is 4. The minimum Gasteiger partial charge on any atom is -0.353 e. The highest BCUT2D eigenvalue weighted by Crippen LogP contribution is 2.29. The standard InChI is InChI=1S/C17H27NO2/c1-5-19-16(4)20-17(13-18)11-9-14(2)7-6-8-15(3)10-12-17/h7,10,16H,5-6,8-9,11-12H2,1-4H3/b14-7+,15-10+/t16?,17-/m0/s1. The van der Waals surface area contributed by atoms with Gasteiger partial charge in [0.25, 0.3) is 0 Å². The smallest absolute Gasteiger partial charge is 0.161 e. The Labute approximate surface area is 123 Å². The molecule has 3 heteroatoms. The van der Waals surface area contributed by atoms with Crippen molar-refractivity contribution >= 4 is 0 Å². The van der Waals surface area contributed by atoms with E-state index in [-0.39, 0.29) is 6.29 Å². The third kappa shape index (κ3) is 5.48. The lowest BCUT2D eigenvalue weighted by Gasteiger charge is -2.30. The Morgan fingerprint density at radius 2 is 2.00 bits per heavy atom. The highest BCUT2D eigenvalue weighted by Gasteiger charge is 2.32. The van der Waals surface area contributed by atoms with Gasteiger partial charge in [0.05, 0.1) is 6.07 Å². The van der Waals surface area contributed by atoms with E-state index in [2.05, 4.69) is 32.1 Å². The summed E-state index contributed by atoms with van der Waals surface area (Å²) in [5.41, 5.74) is 1.89. The van der Waals surface area contributed by atoms with Crippen molar-refractivity contribution in [1.82, 2.24) is 0 Å². The normalized spacial score (nSPS) is 31.4. The van der Waals surface area contributed by atoms with Crippen LogP contribution in [0.4, 0.5) is 0 Å². The van der Waals surface area contributed by atoms with Crippen molar-refractivity contribution in [2.45, 2.75) is 71.7 Å². The topological polar surface area (TPSA) is 42.2 Å². The van der Waals surface area contributed by atoms with E-state index in [1.807, 2.05) is 13.8 Å². The molecule has 0 saturated heterocycles. The molecule has 1 aliphatic rings. The average Bonchev–Trinajstić information content (AvgIpc) is 2.42. The van der Waals surface area contributed by atoms with E-state index in [0.717, 1.165) is 19.3 Å². The van der Waals surface area contributed by atoms with E-state index in [1.165, 1.54) is 11.1 Å². The molecule has 0 N–H and O–H groups in total. The Morgan fingerprint density at radius 1 is 1.30 bits per heavy atom. The summed E-state index contributed by atoms with van der Waals surface area (Å²) in [6.45, 7) is 8.65. The predicted octanol–water partition coefficient (Wildman–Crippen LogP) is 4.50. The molecule has 1 unspecified atom stereocenters. The lowest BCUT2D eigenvalue weighted by molar-refractivity contribution is -0.182. The molecule has 0 saturated carbocycles. The number of ether oxygens (including phenoxy) is 2. The van der Waals surface area contributed by atoms with Crippen molar-refractivity contribution in [2.75, 3.05) is 6.61 Å². The third-order valence-corrected chi connectivity index (χ3v) is 3.73. The van der Waals surface area contributed by atoms with Gasteiger partial charge < -0.3 is 9.47 Å². The van der Waals surface area contributed by atoms with Gasteiger partial charge in [-0.25, -0.2) is 0 Å². The van der Waals surface area contributed by atoms with Crippen molar-refractivity contribution in [3.05, 3.63) is 23.3 Å². The molecule has 0 aliphatic heterocycles. The second-order valence-corrected chi connectivity index (χ2v) is 5.59. The molecule has 2 atom stereocenters. The Hall–Kier alpha value is -1.11. The van der Waals surface area contributed by atoms with E-state index in [9.17, 15) is 5.26 Å². The maximum Gasteiger partial charge on any atom is 0.161 e. The fraction of sp³-hybridized carbons (Fsp3) is 0.706. The first-order valence-corrected chi connectivity index (χ1v) is 7.53. The van der Waals surface area contributed by atoms with Crippen LogP contribution in [0.15, 0.2) is 23.3 Å². The van der Waals surface area contributed by atoms with Crippen LogP contribution in [0.2, 0.25) is 0 Å². The minimum atomic E-state index is -0.776. The zero-order valence-electron chi connectivity index (χ0n) is 13.2. The molecule has 0 bridgehead atoms. The molecule has 0 fully saturated rings. The van der Waals surface area contributed by atoms with Crippen LogP contribution in [-0.4, -0.2) is 18.5 Å². The zero-order valence-corrected chi connectivity index (χ0v) is 13.2. The number of nitriles is 1. The van der Waals surface area contributed by atoms with Crippen LogP contribution in [0.5, 0.6) is 0 Å². The molecule has 0 aromatic heterocycles. The largest absolute Gasteiger partial charge is 0.353 e. The van der Waals surface area contributed by atoms with E-state index in [0.29, 0.717) is 19.4 Å². The maximum absolute atomic E-state index is 9.63. The van der Waals surface area contributed by atoms with Gasteiger partial charge in [0.15, 0.2) is 11.9 Å². The van der Waals surface area contributed by atoms with E-state index >= 15 is 0 Å². The SMILES string of the molecule is CCOC(C)O[C@]1(C#N)C/C=C(\C)CC/C=C(\C)CC1. The van der Waals surface area contributed by atoms with Crippen molar-refractivity contribution in [3.63, 3.8) is 0 Å². The first kappa shape index (κ1) is 16.9. The van der Waals surface area contributed by atoms with Crippen LogP contribution in [0.1, 0.15) is 59.8 Å². The van der Waals surface area contributed by atoms with Crippen molar-refractivity contribution < 1.29 is 9.47 Å². The Kier molecular flexibility index (Phi) is 6.98. The quantitative estimate of drug-likeness (QED) is 0.561. The monoisotopic (exact) mass is 277 g/mol. The van der Waals surface area contributed by atoms with Crippen LogP contribution in [0.3, 0.4) is 0 Å². The second-order valence-electron chi connectivity index (χ2n) is 5.59. The summed E-state index contributed by atoms with van der Waals surface area (Å²) in [6, 6.07) is 2.39. The molecule has 3 nitrogen and oxygen atoms in total. The molecule has 20 heavy (non-hydrogen) atoms. The molecular formula is C17H27NO2. The molecule has 0 aromatic rings. The molecular weight excluding hydrogens is 250 g/mol.